The molecular weight excluding hydrogens is 416 g/mol. The topological polar surface area (TPSA) is 49.4 Å². The summed E-state index contributed by atoms with van der Waals surface area (Å²) in [6.45, 7) is 2.66. The van der Waals surface area contributed by atoms with Gasteiger partial charge < -0.3 is 10.2 Å². The van der Waals surface area contributed by atoms with Crippen LogP contribution in [0.15, 0.2) is 59.1 Å². The summed E-state index contributed by atoms with van der Waals surface area (Å²) in [6.07, 6.45) is 4.12. The van der Waals surface area contributed by atoms with Gasteiger partial charge in [0.1, 0.15) is 6.04 Å². The zero-order chi connectivity index (χ0) is 19.9. The molecule has 0 spiro atoms. The van der Waals surface area contributed by atoms with Crippen LogP contribution < -0.4 is 5.32 Å². The molecule has 2 aromatic carbocycles. The van der Waals surface area contributed by atoms with Gasteiger partial charge in [-0.2, -0.15) is 0 Å². The standard InChI is InChI=1S/C23H27BrN2O2/c1-17(10-11-18-12-14-20(24)15-13-18)25-23(28)22(19-7-3-2-4-8-19)26-16-6-5-9-21(26)27/h2-4,7-8,12-15,17,22H,5-6,9-11,16H2,1H3,(H,25,28). The summed E-state index contributed by atoms with van der Waals surface area (Å²) in [7, 11) is 0. The minimum Gasteiger partial charge on any atom is -0.352 e. The van der Waals surface area contributed by atoms with Crippen LogP contribution in [0.3, 0.4) is 0 Å². The fourth-order valence-electron chi connectivity index (χ4n) is 3.64. The van der Waals surface area contributed by atoms with E-state index in [-0.39, 0.29) is 17.9 Å². The van der Waals surface area contributed by atoms with E-state index in [4.69, 9.17) is 0 Å². The molecule has 1 aliphatic rings. The quantitative estimate of drug-likeness (QED) is 0.678. The predicted molar refractivity (Wildman–Crippen MR) is 115 cm³/mol. The average molecular weight is 443 g/mol. The molecule has 1 N–H and O–H groups in total. The van der Waals surface area contributed by atoms with Crippen LogP contribution in [-0.4, -0.2) is 29.3 Å². The van der Waals surface area contributed by atoms with E-state index in [9.17, 15) is 9.59 Å². The van der Waals surface area contributed by atoms with E-state index in [1.165, 1.54) is 5.56 Å². The molecule has 3 rings (SSSR count). The smallest absolute Gasteiger partial charge is 0.247 e. The van der Waals surface area contributed by atoms with Crippen LogP contribution in [0.4, 0.5) is 0 Å². The zero-order valence-electron chi connectivity index (χ0n) is 16.2. The van der Waals surface area contributed by atoms with Gasteiger partial charge in [-0.15, -0.1) is 0 Å². The molecule has 4 nitrogen and oxygen atoms in total. The van der Waals surface area contributed by atoms with Crippen molar-refractivity contribution in [1.82, 2.24) is 10.2 Å². The zero-order valence-corrected chi connectivity index (χ0v) is 17.8. The first-order valence-corrected chi connectivity index (χ1v) is 10.7. The maximum atomic E-state index is 13.1. The molecule has 1 saturated heterocycles. The van der Waals surface area contributed by atoms with Crippen molar-refractivity contribution in [2.45, 2.75) is 51.1 Å². The number of nitrogens with one attached hydrogen (secondary N) is 1. The van der Waals surface area contributed by atoms with Gasteiger partial charge in [0.15, 0.2) is 0 Å². The van der Waals surface area contributed by atoms with Crippen LogP contribution >= 0.6 is 15.9 Å². The summed E-state index contributed by atoms with van der Waals surface area (Å²) < 4.78 is 1.06. The van der Waals surface area contributed by atoms with Crippen molar-refractivity contribution in [1.29, 1.82) is 0 Å². The van der Waals surface area contributed by atoms with Crippen LogP contribution in [0.5, 0.6) is 0 Å². The first-order chi connectivity index (χ1) is 13.5. The summed E-state index contributed by atoms with van der Waals surface area (Å²) in [6, 6.07) is 17.4. The molecule has 0 saturated carbocycles. The summed E-state index contributed by atoms with van der Waals surface area (Å²) >= 11 is 3.45. The van der Waals surface area contributed by atoms with E-state index in [2.05, 4.69) is 33.4 Å². The van der Waals surface area contributed by atoms with Gasteiger partial charge in [0, 0.05) is 23.5 Å². The molecule has 0 aromatic heterocycles. The highest BCUT2D eigenvalue weighted by Crippen LogP contribution is 2.26. The molecule has 148 valence electrons. The average Bonchev–Trinajstić information content (AvgIpc) is 2.70. The predicted octanol–water partition coefficient (Wildman–Crippen LogP) is 4.64. The number of rotatable bonds is 7. The number of aryl methyl sites for hydroxylation is 1. The molecule has 5 heteroatoms. The van der Waals surface area contributed by atoms with Crippen molar-refractivity contribution in [2.24, 2.45) is 0 Å². The fraction of sp³-hybridized carbons (Fsp3) is 0.391. The molecule has 28 heavy (non-hydrogen) atoms. The van der Waals surface area contributed by atoms with E-state index >= 15 is 0 Å². The number of carbonyl (C=O) groups is 2. The Morgan fingerprint density at radius 1 is 1.11 bits per heavy atom. The Bertz CT molecular complexity index is 792. The lowest BCUT2D eigenvalue weighted by Crippen LogP contribution is -2.47. The van der Waals surface area contributed by atoms with E-state index in [0.29, 0.717) is 13.0 Å². The van der Waals surface area contributed by atoms with Crippen LogP contribution in [0.1, 0.15) is 49.8 Å². The molecule has 2 atom stereocenters. The maximum absolute atomic E-state index is 13.1. The van der Waals surface area contributed by atoms with E-state index in [1.807, 2.05) is 49.4 Å². The minimum atomic E-state index is -0.552. The summed E-state index contributed by atoms with van der Waals surface area (Å²) in [5.74, 6) is -0.0254. The minimum absolute atomic E-state index is 0.0299. The highest BCUT2D eigenvalue weighted by atomic mass is 79.9. The van der Waals surface area contributed by atoms with Gasteiger partial charge in [-0.05, 0) is 55.9 Å². The van der Waals surface area contributed by atoms with E-state index in [0.717, 1.165) is 35.7 Å². The molecular formula is C23H27BrN2O2. The number of amides is 2. The third kappa shape index (κ3) is 5.44. The second-order valence-corrected chi connectivity index (χ2v) is 8.35. The molecule has 2 amide bonds. The van der Waals surface area contributed by atoms with E-state index < -0.39 is 6.04 Å². The van der Waals surface area contributed by atoms with Crippen molar-refractivity contribution in [3.05, 3.63) is 70.2 Å². The number of carbonyl (C=O) groups excluding carboxylic acids is 2. The molecule has 0 aliphatic carbocycles. The van der Waals surface area contributed by atoms with Crippen molar-refractivity contribution in [2.75, 3.05) is 6.54 Å². The van der Waals surface area contributed by atoms with Crippen LogP contribution in [0, 0.1) is 0 Å². The Hall–Kier alpha value is -2.14. The Labute approximate surface area is 175 Å². The number of nitrogens with zero attached hydrogens (tertiary/aromatic N) is 1. The van der Waals surface area contributed by atoms with Gasteiger partial charge >= 0.3 is 0 Å². The highest BCUT2D eigenvalue weighted by molar-refractivity contribution is 9.10. The Morgan fingerprint density at radius 3 is 2.50 bits per heavy atom. The number of hydrogen-bond acceptors (Lipinski definition) is 2. The van der Waals surface area contributed by atoms with Crippen molar-refractivity contribution in [3.63, 3.8) is 0 Å². The summed E-state index contributed by atoms with van der Waals surface area (Å²) in [5, 5.41) is 3.14. The number of halogens is 1. The lowest BCUT2D eigenvalue weighted by atomic mass is 9.99. The summed E-state index contributed by atoms with van der Waals surface area (Å²) in [5.41, 5.74) is 2.12. The third-order valence-corrected chi connectivity index (χ3v) is 5.73. The van der Waals surface area contributed by atoms with Gasteiger partial charge in [0.25, 0.3) is 0 Å². The lowest BCUT2D eigenvalue weighted by Gasteiger charge is -2.34. The fourth-order valence-corrected chi connectivity index (χ4v) is 3.90. The molecule has 2 unspecified atom stereocenters. The maximum Gasteiger partial charge on any atom is 0.247 e. The van der Waals surface area contributed by atoms with Crippen molar-refractivity contribution >= 4 is 27.7 Å². The van der Waals surface area contributed by atoms with Crippen molar-refractivity contribution < 1.29 is 9.59 Å². The van der Waals surface area contributed by atoms with Crippen LogP contribution in [0.25, 0.3) is 0 Å². The first-order valence-electron chi connectivity index (χ1n) is 9.94. The highest BCUT2D eigenvalue weighted by Gasteiger charge is 2.33. The Balaban J connectivity index is 1.66. The Morgan fingerprint density at radius 2 is 1.82 bits per heavy atom. The second-order valence-electron chi connectivity index (χ2n) is 7.43. The third-order valence-electron chi connectivity index (χ3n) is 5.20. The molecule has 0 radical (unpaired) electrons. The normalized spacial score (nSPS) is 16.5. The number of likely N-dealkylation sites (tertiary alicyclic amines) is 1. The second kappa shape index (κ2) is 9.87. The first kappa shape index (κ1) is 20.6. The van der Waals surface area contributed by atoms with Gasteiger partial charge in [0.2, 0.25) is 11.8 Å². The van der Waals surface area contributed by atoms with Gasteiger partial charge in [-0.3, -0.25) is 9.59 Å². The van der Waals surface area contributed by atoms with Gasteiger partial charge in [-0.25, -0.2) is 0 Å². The SMILES string of the molecule is CC(CCc1ccc(Br)cc1)NC(=O)C(c1ccccc1)N1CCCCC1=O. The van der Waals surface area contributed by atoms with Crippen molar-refractivity contribution in [3.8, 4) is 0 Å². The number of piperidine rings is 1. The van der Waals surface area contributed by atoms with Crippen LogP contribution in [0.2, 0.25) is 0 Å². The van der Waals surface area contributed by atoms with Crippen LogP contribution in [-0.2, 0) is 16.0 Å². The van der Waals surface area contributed by atoms with Gasteiger partial charge in [-0.1, -0.05) is 58.4 Å². The van der Waals surface area contributed by atoms with E-state index in [1.54, 1.807) is 4.90 Å². The molecule has 1 fully saturated rings. The Kier molecular flexibility index (Phi) is 7.26. The monoisotopic (exact) mass is 442 g/mol. The number of benzene rings is 2. The van der Waals surface area contributed by atoms with Gasteiger partial charge in [0.05, 0.1) is 0 Å². The molecule has 2 aromatic rings. The lowest BCUT2D eigenvalue weighted by molar-refractivity contribution is -0.143. The molecule has 1 heterocycles. The largest absolute Gasteiger partial charge is 0.352 e. The number of hydrogen-bond donors (Lipinski definition) is 1. The molecule has 0 bridgehead atoms. The molecule has 1 aliphatic heterocycles. The summed E-state index contributed by atoms with van der Waals surface area (Å²) in [4.78, 5) is 27.4.